The standard InChI is InChI=1S/C15H28N4O/c1-4-18-8-5-7-14(18)11-16-15-17-13(2)12-19(15)9-6-10-20-3/h12,14H,4-11H2,1-3H3,(H,16,17). The van der Waals surface area contributed by atoms with Gasteiger partial charge in [-0.25, -0.2) is 4.98 Å². The minimum absolute atomic E-state index is 0.657. The highest BCUT2D eigenvalue weighted by atomic mass is 16.5. The molecule has 0 amide bonds. The first-order valence-corrected chi connectivity index (χ1v) is 7.75. The number of ether oxygens (including phenoxy) is 1. The quantitative estimate of drug-likeness (QED) is 0.741. The van der Waals surface area contributed by atoms with Crippen LogP contribution in [0.15, 0.2) is 6.20 Å². The third-order valence-electron chi connectivity index (χ3n) is 4.05. The van der Waals surface area contributed by atoms with Crippen LogP contribution in [0.4, 0.5) is 5.95 Å². The van der Waals surface area contributed by atoms with Gasteiger partial charge in [-0.1, -0.05) is 6.92 Å². The number of nitrogens with one attached hydrogen (secondary N) is 1. The van der Waals surface area contributed by atoms with Gasteiger partial charge in [-0.05, 0) is 39.3 Å². The summed E-state index contributed by atoms with van der Waals surface area (Å²) in [6.45, 7) is 9.43. The second kappa shape index (κ2) is 7.64. The Morgan fingerprint density at radius 2 is 2.35 bits per heavy atom. The first-order valence-electron chi connectivity index (χ1n) is 7.75. The fourth-order valence-corrected chi connectivity index (χ4v) is 2.99. The molecule has 0 saturated carbocycles. The van der Waals surface area contributed by atoms with Crippen LogP contribution in [0.1, 0.15) is 31.9 Å². The summed E-state index contributed by atoms with van der Waals surface area (Å²) in [4.78, 5) is 7.15. The largest absolute Gasteiger partial charge is 0.385 e. The van der Waals surface area contributed by atoms with E-state index >= 15 is 0 Å². The van der Waals surface area contributed by atoms with Crippen molar-refractivity contribution in [1.29, 1.82) is 0 Å². The normalized spacial score (nSPS) is 19.6. The Hall–Kier alpha value is -1.07. The maximum Gasteiger partial charge on any atom is 0.203 e. The highest BCUT2D eigenvalue weighted by Gasteiger charge is 2.22. The Morgan fingerprint density at radius 3 is 3.10 bits per heavy atom. The van der Waals surface area contributed by atoms with E-state index in [4.69, 9.17) is 4.74 Å². The molecule has 5 heteroatoms. The van der Waals surface area contributed by atoms with Crippen molar-refractivity contribution >= 4 is 5.95 Å². The zero-order valence-electron chi connectivity index (χ0n) is 13.1. The second-order valence-electron chi connectivity index (χ2n) is 5.55. The molecule has 1 aliphatic rings. The molecule has 1 N–H and O–H groups in total. The fraction of sp³-hybridized carbons (Fsp3) is 0.800. The zero-order valence-corrected chi connectivity index (χ0v) is 13.1. The molecule has 0 spiro atoms. The van der Waals surface area contributed by atoms with Crippen LogP contribution < -0.4 is 5.32 Å². The van der Waals surface area contributed by atoms with Crippen LogP contribution in [0.2, 0.25) is 0 Å². The van der Waals surface area contributed by atoms with Gasteiger partial charge in [0.15, 0.2) is 0 Å². The Balaban J connectivity index is 1.88. The average Bonchev–Trinajstić information content (AvgIpc) is 3.03. The summed E-state index contributed by atoms with van der Waals surface area (Å²) in [7, 11) is 1.75. The summed E-state index contributed by atoms with van der Waals surface area (Å²) in [5.41, 5.74) is 1.07. The van der Waals surface area contributed by atoms with Gasteiger partial charge in [0, 0.05) is 39.0 Å². The monoisotopic (exact) mass is 280 g/mol. The number of hydrogen-bond acceptors (Lipinski definition) is 4. The van der Waals surface area contributed by atoms with Crippen molar-refractivity contribution in [2.45, 2.75) is 45.7 Å². The van der Waals surface area contributed by atoms with Gasteiger partial charge in [-0.2, -0.15) is 0 Å². The van der Waals surface area contributed by atoms with Crippen LogP contribution in [-0.4, -0.2) is 53.8 Å². The molecule has 1 aliphatic heterocycles. The van der Waals surface area contributed by atoms with E-state index in [2.05, 4.69) is 32.9 Å². The number of anilines is 1. The summed E-state index contributed by atoms with van der Waals surface area (Å²) in [5.74, 6) is 1.00. The summed E-state index contributed by atoms with van der Waals surface area (Å²) in [6.07, 6.45) is 5.75. The molecule has 0 bridgehead atoms. The highest BCUT2D eigenvalue weighted by Crippen LogP contribution is 2.17. The molecule has 0 aliphatic carbocycles. The molecule has 114 valence electrons. The number of rotatable bonds is 8. The lowest BCUT2D eigenvalue weighted by Crippen LogP contribution is -2.35. The number of methoxy groups -OCH3 is 1. The maximum absolute atomic E-state index is 5.12. The lowest BCUT2D eigenvalue weighted by molar-refractivity contribution is 0.190. The molecule has 2 rings (SSSR count). The summed E-state index contributed by atoms with van der Waals surface area (Å²) in [6, 6.07) is 0.657. The molecular formula is C15H28N4O. The van der Waals surface area contributed by atoms with Gasteiger partial charge in [0.05, 0.1) is 5.69 Å². The van der Waals surface area contributed by atoms with Gasteiger partial charge < -0.3 is 14.6 Å². The van der Waals surface area contributed by atoms with Gasteiger partial charge >= 0.3 is 0 Å². The fourth-order valence-electron chi connectivity index (χ4n) is 2.99. The van der Waals surface area contributed by atoms with Crippen molar-refractivity contribution in [3.05, 3.63) is 11.9 Å². The minimum Gasteiger partial charge on any atom is -0.385 e. The maximum atomic E-state index is 5.12. The molecule has 1 unspecified atom stereocenters. The van der Waals surface area contributed by atoms with Crippen molar-refractivity contribution < 1.29 is 4.74 Å². The van der Waals surface area contributed by atoms with Crippen molar-refractivity contribution in [3.63, 3.8) is 0 Å². The summed E-state index contributed by atoms with van der Waals surface area (Å²) in [5, 5.41) is 3.54. The predicted molar refractivity (Wildman–Crippen MR) is 82.2 cm³/mol. The molecule has 5 nitrogen and oxygen atoms in total. The number of aryl methyl sites for hydroxylation is 2. The van der Waals surface area contributed by atoms with E-state index in [1.54, 1.807) is 7.11 Å². The van der Waals surface area contributed by atoms with Gasteiger partial charge in [0.25, 0.3) is 0 Å². The lowest BCUT2D eigenvalue weighted by Gasteiger charge is -2.23. The smallest absolute Gasteiger partial charge is 0.203 e. The van der Waals surface area contributed by atoms with E-state index in [0.717, 1.165) is 44.3 Å². The molecule has 2 heterocycles. The van der Waals surface area contributed by atoms with Crippen molar-refractivity contribution in [1.82, 2.24) is 14.5 Å². The van der Waals surface area contributed by atoms with Crippen LogP contribution in [0.25, 0.3) is 0 Å². The minimum atomic E-state index is 0.657. The number of nitrogens with zero attached hydrogens (tertiary/aromatic N) is 3. The first kappa shape index (κ1) is 15.3. The van der Waals surface area contributed by atoms with Crippen LogP contribution in [-0.2, 0) is 11.3 Å². The Labute approximate surface area is 122 Å². The van der Waals surface area contributed by atoms with Crippen LogP contribution in [0.3, 0.4) is 0 Å². The number of imidazole rings is 1. The van der Waals surface area contributed by atoms with E-state index in [9.17, 15) is 0 Å². The van der Waals surface area contributed by atoms with E-state index < -0.39 is 0 Å². The molecule has 1 fully saturated rings. The van der Waals surface area contributed by atoms with Gasteiger partial charge in [0.1, 0.15) is 0 Å². The average molecular weight is 280 g/mol. The van der Waals surface area contributed by atoms with Gasteiger partial charge in [-0.3, -0.25) is 4.90 Å². The van der Waals surface area contributed by atoms with Crippen LogP contribution >= 0.6 is 0 Å². The third-order valence-corrected chi connectivity index (χ3v) is 4.05. The topological polar surface area (TPSA) is 42.3 Å². The molecule has 1 saturated heterocycles. The number of aromatic nitrogens is 2. The number of likely N-dealkylation sites (N-methyl/N-ethyl adjacent to an activating group) is 1. The van der Waals surface area contributed by atoms with Gasteiger partial charge in [-0.15, -0.1) is 0 Å². The molecule has 1 aromatic heterocycles. The lowest BCUT2D eigenvalue weighted by atomic mass is 10.2. The van der Waals surface area contributed by atoms with E-state index in [1.807, 2.05) is 6.92 Å². The summed E-state index contributed by atoms with van der Waals surface area (Å²) < 4.78 is 7.33. The molecule has 0 aromatic carbocycles. The van der Waals surface area contributed by atoms with Crippen molar-refractivity contribution in [3.8, 4) is 0 Å². The highest BCUT2D eigenvalue weighted by molar-refractivity contribution is 5.29. The number of likely N-dealkylation sites (tertiary alicyclic amines) is 1. The van der Waals surface area contributed by atoms with Gasteiger partial charge in [0.2, 0.25) is 5.95 Å². The van der Waals surface area contributed by atoms with E-state index in [0.29, 0.717) is 6.04 Å². The van der Waals surface area contributed by atoms with E-state index in [1.165, 1.54) is 19.4 Å². The molecule has 1 aromatic rings. The Kier molecular flexibility index (Phi) is 5.86. The van der Waals surface area contributed by atoms with Crippen molar-refractivity contribution in [2.75, 3.05) is 38.7 Å². The third kappa shape index (κ3) is 3.96. The van der Waals surface area contributed by atoms with Crippen LogP contribution in [0.5, 0.6) is 0 Å². The zero-order chi connectivity index (χ0) is 14.4. The predicted octanol–water partition coefficient (Wildman–Crippen LogP) is 2.12. The Morgan fingerprint density at radius 1 is 1.50 bits per heavy atom. The Bertz CT molecular complexity index is 405. The summed E-state index contributed by atoms with van der Waals surface area (Å²) >= 11 is 0. The van der Waals surface area contributed by atoms with Crippen molar-refractivity contribution in [2.24, 2.45) is 0 Å². The SMILES string of the molecule is CCN1CCCC1CNc1nc(C)cn1CCCOC. The molecule has 1 atom stereocenters. The molecule has 0 radical (unpaired) electrons. The first-order chi connectivity index (χ1) is 9.74. The molecular weight excluding hydrogens is 252 g/mol. The van der Waals surface area contributed by atoms with Crippen LogP contribution in [0, 0.1) is 6.92 Å². The number of hydrogen-bond donors (Lipinski definition) is 1. The molecule has 20 heavy (non-hydrogen) atoms. The van der Waals surface area contributed by atoms with E-state index in [-0.39, 0.29) is 0 Å². The second-order valence-corrected chi connectivity index (χ2v) is 5.55.